The van der Waals surface area contributed by atoms with Gasteiger partial charge in [-0.1, -0.05) is 25.5 Å². The third-order valence-corrected chi connectivity index (χ3v) is 4.25. The van der Waals surface area contributed by atoms with E-state index in [-0.39, 0.29) is 12.3 Å². The highest BCUT2D eigenvalue weighted by atomic mass is 16.6. The lowest BCUT2D eigenvalue weighted by molar-refractivity contribution is -0.117. The molecule has 1 amide bonds. The Morgan fingerprint density at radius 1 is 1.15 bits per heavy atom. The molecule has 5 nitrogen and oxygen atoms in total. The Labute approximate surface area is 156 Å². The Bertz CT molecular complexity index is 683. The summed E-state index contributed by atoms with van der Waals surface area (Å²) in [4.78, 5) is 26.7. The van der Waals surface area contributed by atoms with Crippen LogP contribution in [0.5, 0.6) is 5.75 Å². The zero-order valence-corrected chi connectivity index (χ0v) is 16.4. The second kappa shape index (κ2) is 8.39. The Kier molecular flexibility index (Phi) is 6.46. The molecular weight excluding hydrogens is 330 g/mol. The summed E-state index contributed by atoms with van der Waals surface area (Å²) in [5.74, 6) is 0.761. The van der Waals surface area contributed by atoms with Crippen LogP contribution in [-0.2, 0) is 9.53 Å². The highest BCUT2D eigenvalue weighted by Gasteiger charge is 2.31. The molecule has 0 fully saturated rings. The van der Waals surface area contributed by atoms with Crippen LogP contribution in [0.25, 0.3) is 5.57 Å². The van der Waals surface area contributed by atoms with Gasteiger partial charge >= 0.3 is 6.09 Å². The zero-order chi connectivity index (χ0) is 19.3. The van der Waals surface area contributed by atoms with Crippen molar-refractivity contribution in [2.24, 2.45) is 0 Å². The minimum atomic E-state index is -0.591. The van der Waals surface area contributed by atoms with Crippen LogP contribution in [0, 0.1) is 0 Å². The number of carbonyl (C=O) groups excluding carboxylic acids is 2. The van der Waals surface area contributed by atoms with Gasteiger partial charge in [-0.05, 0) is 56.9 Å². The number of unbranched alkanes of at least 4 members (excludes halogenated alkanes) is 1. The van der Waals surface area contributed by atoms with Gasteiger partial charge in [0.15, 0.2) is 5.78 Å². The van der Waals surface area contributed by atoms with Gasteiger partial charge in [0.25, 0.3) is 0 Å². The number of nitrogens with zero attached hydrogens (tertiary/aromatic N) is 1. The Morgan fingerprint density at radius 3 is 2.35 bits per heavy atom. The highest BCUT2D eigenvalue weighted by Crippen LogP contribution is 2.30. The van der Waals surface area contributed by atoms with Crippen molar-refractivity contribution in [3.63, 3.8) is 0 Å². The fourth-order valence-corrected chi connectivity index (χ4v) is 2.94. The number of amides is 1. The first kappa shape index (κ1) is 20.0. The second-order valence-corrected chi connectivity index (χ2v) is 7.55. The van der Waals surface area contributed by atoms with Crippen molar-refractivity contribution in [3.8, 4) is 5.75 Å². The Morgan fingerprint density at radius 2 is 1.81 bits per heavy atom. The van der Waals surface area contributed by atoms with Gasteiger partial charge in [0.05, 0.1) is 20.2 Å². The lowest BCUT2D eigenvalue weighted by atomic mass is 9.90. The first-order valence-electron chi connectivity index (χ1n) is 9.12. The van der Waals surface area contributed by atoms with E-state index in [1.165, 1.54) is 4.90 Å². The zero-order valence-electron chi connectivity index (χ0n) is 16.4. The maximum atomic E-state index is 12.8. The number of ketones is 1. The van der Waals surface area contributed by atoms with Crippen molar-refractivity contribution < 1.29 is 19.1 Å². The van der Waals surface area contributed by atoms with Crippen LogP contribution in [-0.4, -0.2) is 42.6 Å². The molecule has 0 aliphatic carbocycles. The largest absolute Gasteiger partial charge is 0.497 e. The molecule has 0 aromatic heterocycles. The summed E-state index contributed by atoms with van der Waals surface area (Å²) in [6.07, 6.45) is 2.25. The summed E-state index contributed by atoms with van der Waals surface area (Å²) in [5, 5.41) is 0. The monoisotopic (exact) mass is 359 g/mol. The van der Waals surface area contributed by atoms with Gasteiger partial charge in [-0.3, -0.25) is 9.69 Å². The van der Waals surface area contributed by atoms with Crippen LogP contribution in [0.2, 0.25) is 0 Å². The van der Waals surface area contributed by atoms with Crippen molar-refractivity contribution in [2.75, 3.05) is 20.2 Å². The fraction of sp³-hybridized carbons (Fsp3) is 0.524. The first-order valence-corrected chi connectivity index (χ1v) is 9.12. The minimum Gasteiger partial charge on any atom is -0.497 e. The van der Waals surface area contributed by atoms with E-state index in [0.29, 0.717) is 6.54 Å². The van der Waals surface area contributed by atoms with Crippen molar-refractivity contribution in [2.45, 2.75) is 52.6 Å². The van der Waals surface area contributed by atoms with Crippen molar-refractivity contribution in [1.82, 2.24) is 4.90 Å². The lowest BCUT2D eigenvalue weighted by Gasteiger charge is -2.32. The molecule has 0 bridgehead atoms. The summed E-state index contributed by atoms with van der Waals surface area (Å²) in [7, 11) is 1.62. The molecule has 142 valence electrons. The Balaban J connectivity index is 2.34. The van der Waals surface area contributed by atoms with Crippen LogP contribution in [0.3, 0.4) is 0 Å². The van der Waals surface area contributed by atoms with Crippen molar-refractivity contribution in [3.05, 3.63) is 35.4 Å². The summed E-state index contributed by atoms with van der Waals surface area (Å²) in [6, 6.07) is 7.62. The highest BCUT2D eigenvalue weighted by molar-refractivity contribution is 6.07. The van der Waals surface area contributed by atoms with Gasteiger partial charge in [0.1, 0.15) is 11.4 Å². The van der Waals surface area contributed by atoms with E-state index in [1.807, 2.05) is 45.0 Å². The number of methoxy groups -OCH3 is 1. The molecule has 0 N–H and O–H groups in total. The van der Waals surface area contributed by atoms with E-state index in [9.17, 15) is 9.59 Å². The quantitative estimate of drug-likeness (QED) is 0.779. The van der Waals surface area contributed by atoms with E-state index in [4.69, 9.17) is 9.47 Å². The van der Waals surface area contributed by atoms with E-state index >= 15 is 0 Å². The standard InChI is InChI=1S/C21H29NO4/c1-6-7-8-17-18(15-9-11-16(25-5)12-10-15)13-22(14-19(17)23)20(24)26-21(2,3)4/h9-12H,6-8,13-14H2,1-5H3. The van der Waals surface area contributed by atoms with E-state index in [2.05, 4.69) is 6.92 Å². The number of benzene rings is 1. The lowest BCUT2D eigenvalue weighted by Crippen LogP contribution is -2.44. The molecule has 0 saturated heterocycles. The molecule has 0 radical (unpaired) electrons. The normalized spacial score (nSPS) is 15.3. The Hall–Kier alpha value is -2.30. The second-order valence-electron chi connectivity index (χ2n) is 7.55. The molecule has 1 aromatic rings. The van der Waals surface area contributed by atoms with Crippen LogP contribution in [0.4, 0.5) is 4.79 Å². The number of hydrogen-bond acceptors (Lipinski definition) is 4. The van der Waals surface area contributed by atoms with Crippen LogP contribution >= 0.6 is 0 Å². The number of ether oxygens (including phenoxy) is 2. The number of rotatable bonds is 5. The fourth-order valence-electron chi connectivity index (χ4n) is 2.94. The average molecular weight is 359 g/mol. The molecule has 2 rings (SSSR count). The van der Waals surface area contributed by atoms with Gasteiger partial charge in [-0.15, -0.1) is 0 Å². The molecule has 0 atom stereocenters. The van der Waals surface area contributed by atoms with Crippen molar-refractivity contribution in [1.29, 1.82) is 0 Å². The van der Waals surface area contributed by atoms with E-state index < -0.39 is 11.7 Å². The predicted octanol–water partition coefficient (Wildman–Crippen LogP) is 4.46. The number of Topliss-reactive ketones (excluding diaryl/α,β-unsaturated/α-hetero) is 1. The van der Waals surface area contributed by atoms with Gasteiger partial charge in [-0.2, -0.15) is 0 Å². The molecule has 1 heterocycles. The molecule has 1 aliphatic rings. The average Bonchev–Trinajstić information content (AvgIpc) is 2.58. The summed E-state index contributed by atoms with van der Waals surface area (Å²) >= 11 is 0. The van der Waals surface area contributed by atoms with Gasteiger partial charge < -0.3 is 9.47 Å². The minimum absolute atomic E-state index is 0.00128. The van der Waals surface area contributed by atoms with Crippen LogP contribution in [0.15, 0.2) is 29.8 Å². The summed E-state index contributed by atoms with van der Waals surface area (Å²) in [5.41, 5.74) is 2.09. The number of hydrogen-bond donors (Lipinski definition) is 0. The molecule has 0 saturated carbocycles. The van der Waals surface area contributed by atoms with Gasteiger partial charge in [0, 0.05) is 5.57 Å². The third kappa shape index (κ3) is 5.10. The smallest absolute Gasteiger partial charge is 0.411 e. The molecule has 5 heteroatoms. The van der Waals surface area contributed by atoms with E-state index in [1.54, 1.807) is 7.11 Å². The molecule has 0 spiro atoms. The van der Waals surface area contributed by atoms with Gasteiger partial charge in [-0.25, -0.2) is 4.79 Å². The predicted molar refractivity (Wildman–Crippen MR) is 102 cm³/mol. The summed E-state index contributed by atoms with van der Waals surface area (Å²) in [6.45, 7) is 8.03. The van der Waals surface area contributed by atoms with Crippen LogP contribution < -0.4 is 4.74 Å². The van der Waals surface area contributed by atoms with Crippen LogP contribution in [0.1, 0.15) is 52.5 Å². The molecule has 26 heavy (non-hydrogen) atoms. The number of carbonyl (C=O) groups is 2. The topological polar surface area (TPSA) is 55.8 Å². The SMILES string of the molecule is CCCCC1=C(c2ccc(OC)cc2)CN(C(=O)OC(C)(C)C)CC1=O. The van der Waals surface area contributed by atoms with Gasteiger partial charge in [0.2, 0.25) is 0 Å². The van der Waals surface area contributed by atoms with E-state index in [0.717, 1.165) is 41.7 Å². The maximum Gasteiger partial charge on any atom is 0.411 e. The van der Waals surface area contributed by atoms with Crippen molar-refractivity contribution >= 4 is 17.4 Å². The molecule has 1 aromatic carbocycles. The summed E-state index contributed by atoms with van der Waals surface area (Å²) < 4.78 is 10.7. The molecule has 0 unspecified atom stereocenters. The molecule has 1 aliphatic heterocycles. The molecular formula is C21H29NO4. The maximum absolute atomic E-state index is 12.8. The third-order valence-electron chi connectivity index (χ3n) is 4.25. The first-order chi connectivity index (χ1) is 12.2.